The van der Waals surface area contributed by atoms with Crippen molar-refractivity contribution >= 4 is 28.4 Å². The summed E-state index contributed by atoms with van der Waals surface area (Å²) in [6, 6.07) is 15.1. The van der Waals surface area contributed by atoms with E-state index < -0.39 is 0 Å². The SMILES string of the molecule is Cc1ccccc1NC(=O)Cn1nc(C(=O)N2CCOCC2)c2ccccc21. The Morgan fingerprint density at radius 3 is 2.57 bits per heavy atom. The summed E-state index contributed by atoms with van der Waals surface area (Å²) in [5, 5.41) is 8.16. The normalized spacial score (nSPS) is 14.2. The molecule has 1 N–H and O–H groups in total. The van der Waals surface area contributed by atoms with Crippen LogP contribution < -0.4 is 5.32 Å². The van der Waals surface area contributed by atoms with Crippen molar-refractivity contribution in [3.63, 3.8) is 0 Å². The topological polar surface area (TPSA) is 76.5 Å². The average molecular weight is 378 g/mol. The van der Waals surface area contributed by atoms with Crippen molar-refractivity contribution in [2.75, 3.05) is 31.6 Å². The number of ether oxygens (including phenoxy) is 1. The van der Waals surface area contributed by atoms with Gasteiger partial charge in [-0.15, -0.1) is 0 Å². The van der Waals surface area contributed by atoms with Gasteiger partial charge in [-0.3, -0.25) is 14.3 Å². The second kappa shape index (κ2) is 7.82. The van der Waals surface area contributed by atoms with E-state index in [9.17, 15) is 9.59 Å². The maximum absolute atomic E-state index is 12.9. The van der Waals surface area contributed by atoms with Crippen molar-refractivity contribution in [3.05, 3.63) is 59.8 Å². The van der Waals surface area contributed by atoms with Gasteiger partial charge >= 0.3 is 0 Å². The van der Waals surface area contributed by atoms with E-state index in [2.05, 4.69) is 10.4 Å². The molecular formula is C21H22N4O3. The van der Waals surface area contributed by atoms with Gasteiger partial charge in [-0.05, 0) is 24.6 Å². The lowest BCUT2D eigenvalue weighted by molar-refractivity contribution is -0.116. The van der Waals surface area contributed by atoms with E-state index in [4.69, 9.17) is 4.74 Å². The molecule has 0 spiro atoms. The number of nitrogens with zero attached hydrogens (tertiary/aromatic N) is 3. The van der Waals surface area contributed by atoms with Crippen LogP contribution in [-0.4, -0.2) is 52.8 Å². The Balaban J connectivity index is 1.60. The van der Waals surface area contributed by atoms with Gasteiger partial charge < -0.3 is 15.0 Å². The zero-order valence-electron chi connectivity index (χ0n) is 15.7. The predicted molar refractivity (Wildman–Crippen MR) is 106 cm³/mol. The third-order valence-corrected chi connectivity index (χ3v) is 4.87. The van der Waals surface area contributed by atoms with Crippen LogP contribution in [0.4, 0.5) is 5.69 Å². The van der Waals surface area contributed by atoms with Gasteiger partial charge in [0.05, 0.1) is 18.7 Å². The van der Waals surface area contributed by atoms with Gasteiger partial charge in [0.2, 0.25) is 5.91 Å². The van der Waals surface area contributed by atoms with E-state index in [-0.39, 0.29) is 18.4 Å². The lowest BCUT2D eigenvalue weighted by Gasteiger charge is -2.26. The minimum atomic E-state index is -0.187. The van der Waals surface area contributed by atoms with Crippen molar-refractivity contribution < 1.29 is 14.3 Å². The average Bonchev–Trinajstić information content (AvgIpc) is 3.08. The minimum absolute atomic E-state index is 0.0330. The van der Waals surface area contributed by atoms with Gasteiger partial charge in [-0.1, -0.05) is 36.4 Å². The van der Waals surface area contributed by atoms with E-state index in [0.29, 0.717) is 32.0 Å². The first kappa shape index (κ1) is 18.2. The number of para-hydroxylation sites is 2. The summed E-state index contributed by atoms with van der Waals surface area (Å²) in [6.45, 7) is 4.14. The van der Waals surface area contributed by atoms with E-state index in [0.717, 1.165) is 22.2 Å². The second-order valence-corrected chi connectivity index (χ2v) is 6.79. The first-order valence-electron chi connectivity index (χ1n) is 9.31. The summed E-state index contributed by atoms with van der Waals surface area (Å²) in [5.74, 6) is -0.314. The van der Waals surface area contributed by atoms with E-state index in [1.807, 2.05) is 55.5 Å². The molecule has 28 heavy (non-hydrogen) atoms. The molecule has 4 rings (SSSR count). The number of carbonyl (C=O) groups excluding carboxylic acids is 2. The molecule has 144 valence electrons. The molecule has 2 heterocycles. The molecule has 0 bridgehead atoms. The van der Waals surface area contributed by atoms with Crippen LogP contribution in [0, 0.1) is 6.92 Å². The summed E-state index contributed by atoms with van der Waals surface area (Å²) in [5.41, 5.74) is 2.90. The number of rotatable bonds is 4. The summed E-state index contributed by atoms with van der Waals surface area (Å²) < 4.78 is 6.92. The highest BCUT2D eigenvalue weighted by Crippen LogP contribution is 2.21. The van der Waals surface area contributed by atoms with Crippen LogP contribution in [-0.2, 0) is 16.1 Å². The number of amides is 2. The fourth-order valence-electron chi connectivity index (χ4n) is 3.36. The van der Waals surface area contributed by atoms with Crippen LogP contribution in [0.3, 0.4) is 0 Å². The molecular weight excluding hydrogens is 356 g/mol. The fraction of sp³-hybridized carbons (Fsp3) is 0.286. The smallest absolute Gasteiger partial charge is 0.275 e. The standard InChI is InChI=1S/C21H22N4O3/c1-15-6-2-4-8-17(15)22-19(26)14-25-18-9-5-3-7-16(18)20(23-25)21(27)24-10-12-28-13-11-24/h2-9H,10-14H2,1H3,(H,22,26). The molecule has 1 fully saturated rings. The molecule has 1 saturated heterocycles. The monoisotopic (exact) mass is 378 g/mol. The van der Waals surface area contributed by atoms with Crippen molar-refractivity contribution in [2.45, 2.75) is 13.5 Å². The minimum Gasteiger partial charge on any atom is -0.378 e. The molecule has 7 nitrogen and oxygen atoms in total. The number of morpholine rings is 1. The van der Waals surface area contributed by atoms with Gasteiger partial charge in [-0.25, -0.2) is 0 Å². The lowest BCUT2D eigenvalue weighted by atomic mass is 10.2. The second-order valence-electron chi connectivity index (χ2n) is 6.79. The molecule has 2 amide bonds. The Bertz CT molecular complexity index is 1020. The molecule has 1 aromatic heterocycles. The van der Waals surface area contributed by atoms with Crippen molar-refractivity contribution in [3.8, 4) is 0 Å². The summed E-state index contributed by atoms with van der Waals surface area (Å²) in [7, 11) is 0. The van der Waals surface area contributed by atoms with E-state index in [1.165, 1.54) is 0 Å². The molecule has 3 aromatic rings. The number of nitrogens with one attached hydrogen (secondary N) is 1. The highest BCUT2D eigenvalue weighted by atomic mass is 16.5. The Morgan fingerprint density at radius 2 is 1.79 bits per heavy atom. The van der Waals surface area contributed by atoms with Gasteiger partial charge in [-0.2, -0.15) is 5.10 Å². The number of benzene rings is 2. The van der Waals surface area contributed by atoms with Crippen molar-refractivity contribution in [1.29, 1.82) is 0 Å². The van der Waals surface area contributed by atoms with Gasteiger partial charge in [0.25, 0.3) is 5.91 Å². The number of hydrogen-bond acceptors (Lipinski definition) is 4. The molecule has 0 unspecified atom stereocenters. The Hall–Kier alpha value is -3.19. The van der Waals surface area contributed by atoms with Crippen LogP contribution in [0.5, 0.6) is 0 Å². The highest BCUT2D eigenvalue weighted by molar-refractivity contribution is 6.05. The van der Waals surface area contributed by atoms with Crippen molar-refractivity contribution in [1.82, 2.24) is 14.7 Å². The molecule has 7 heteroatoms. The van der Waals surface area contributed by atoms with Gasteiger partial charge in [0, 0.05) is 24.2 Å². The van der Waals surface area contributed by atoms with Crippen LogP contribution >= 0.6 is 0 Å². The van der Waals surface area contributed by atoms with Crippen LogP contribution in [0.2, 0.25) is 0 Å². The number of aromatic nitrogens is 2. The third kappa shape index (κ3) is 3.61. The Morgan fingerprint density at radius 1 is 1.07 bits per heavy atom. The van der Waals surface area contributed by atoms with E-state index in [1.54, 1.807) is 9.58 Å². The molecule has 0 aliphatic carbocycles. The maximum Gasteiger partial charge on any atom is 0.275 e. The molecule has 2 aromatic carbocycles. The molecule has 0 saturated carbocycles. The lowest BCUT2D eigenvalue weighted by Crippen LogP contribution is -2.41. The fourth-order valence-corrected chi connectivity index (χ4v) is 3.36. The molecule has 1 aliphatic heterocycles. The van der Waals surface area contributed by atoms with Crippen LogP contribution in [0.15, 0.2) is 48.5 Å². The summed E-state index contributed by atoms with van der Waals surface area (Å²) >= 11 is 0. The van der Waals surface area contributed by atoms with Gasteiger partial charge in [0.15, 0.2) is 5.69 Å². The zero-order valence-corrected chi connectivity index (χ0v) is 15.7. The maximum atomic E-state index is 12.9. The predicted octanol–water partition coefficient (Wildman–Crippen LogP) is 2.46. The number of carbonyl (C=O) groups is 2. The quantitative estimate of drug-likeness (QED) is 0.757. The van der Waals surface area contributed by atoms with Crippen LogP contribution in [0.1, 0.15) is 16.1 Å². The van der Waals surface area contributed by atoms with Crippen molar-refractivity contribution in [2.24, 2.45) is 0 Å². The number of hydrogen-bond donors (Lipinski definition) is 1. The first-order chi connectivity index (χ1) is 13.6. The molecule has 1 aliphatic rings. The number of fused-ring (bicyclic) bond motifs is 1. The zero-order chi connectivity index (χ0) is 19.5. The Labute approximate surface area is 162 Å². The first-order valence-corrected chi connectivity index (χ1v) is 9.31. The highest BCUT2D eigenvalue weighted by Gasteiger charge is 2.24. The summed E-state index contributed by atoms with van der Waals surface area (Å²) in [6.07, 6.45) is 0. The van der Waals surface area contributed by atoms with Crippen LogP contribution in [0.25, 0.3) is 10.9 Å². The Kier molecular flexibility index (Phi) is 5.08. The summed E-state index contributed by atoms with van der Waals surface area (Å²) in [4.78, 5) is 27.3. The third-order valence-electron chi connectivity index (χ3n) is 4.87. The number of aryl methyl sites for hydroxylation is 1. The van der Waals surface area contributed by atoms with E-state index >= 15 is 0 Å². The number of anilines is 1. The van der Waals surface area contributed by atoms with Gasteiger partial charge in [0.1, 0.15) is 6.54 Å². The largest absolute Gasteiger partial charge is 0.378 e. The molecule has 0 atom stereocenters. The molecule has 0 radical (unpaired) electrons.